The van der Waals surface area contributed by atoms with Crippen LogP contribution >= 0.6 is 0 Å². The van der Waals surface area contributed by atoms with Crippen molar-refractivity contribution in [3.8, 4) is 11.3 Å². The molecule has 0 bridgehead atoms. The number of fused-ring (bicyclic) bond motifs is 2. The molecule has 10 heteroatoms. The molecule has 214 valence electrons. The number of ketones is 1. The number of amides is 2. The molecule has 1 fully saturated rings. The van der Waals surface area contributed by atoms with Crippen molar-refractivity contribution in [3.05, 3.63) is 112 Å². The van der Waals surface area contributed by atoms with Crippen molar-refractivity contribution in [2.75, 3.05) is 11.5 Å². The molecule has 0 saturated carbocycles. The number of hydrogen-bond donors (Lipinski definition) is 0. The summed E-state index contributed by atoms with van der Waals surface area (Å²) in [5.74, 6) is -2.39. The van der Waals surface area contributed by atoms with Crippen LogP contribution in [0.3, 0.4) is 0 Å². The van der Waals surface area contributed by atoms with Crippen molar-refractivity contribution in [2.45, 2.75) is 19.8 Å². The second kappa shape index (κ2) is 11.1. The molecule has 3 aromatic carbocycles. The van der Waals surface area contributed by atoms with Gasteiger partial charge in [0.2, 0.25) is 17.6 Å². The summed E-state index contributed by atoms with van der Waals surface area (Å²) in [6.45, 7) is 1.27. The maximum Gasteiger partial charge on any atom is 0.339 e. The summed E-state index contributed by atoms with van der Waals surface area (Å²) < 4.78 is 5.37. The van der Waals surface area contributed by atoms with Crippen molar-refractivity contribution in [3.63, 3.8) is 0 Å². The van der Waals surface area contributed by atoms with Crippen LogP contribution in [0.2, 0.25) is 0 Å². The van der Waals surface area contributed by atoms with Gasteiger partial charge in [-0.15, -0.1) is 0 Å². The van der Waals surface area contributed by atoms with Crippen molar-refractivity contribution in [1.29, 1.82) is 0 Å². The van der Waals surface area contributed by atoms with Crippen LogP contribution in [0.1, 0.15) is 39.1 Å². The van der Waals surface area contributed by atoms with E-state index in [2.05, 4.69) is 0 Å². The smallest absolute Gasteiger partial charge is 0.339 e. The molecule has 1 saturated heterocycles. The highest BCUT2D eigenvalue weighted by Crippen LogP contribution is 2.38. The molecule has 0 unspecified atom stereocenters. The lowest BCUT2D eigenvalue weighted by Crippen LogP contribution is -2.30. The molecule has 4 aromatic rings. The molecule has 2 heterocycles. The number of carbonyl (C=O) groups is 4. The number of nitro groups is 1. The third-order valence-electron chi connectivity index (χ3n) is 7.83. The number of esters is 1. The number of imide groups is 1. The fourth-order valence-corrected chi connectivity index (χ4v) is 5.58. The number of allylic oxidation sites excluding steroid dienone is 2. The van der Waals surface area contributed by atoms with Gasteiger partial charge >= 0.3 is 5.97 Å². The number of rotatable bonds is 7. The third-order valence-corrected chi connectivity index (χ3v) is 7.83. The van der Waals surface area contributed by atoms with Crippen LogP contribution in [0, 0.1) is 28.9 Å². The number of nitrogens with zero attached hydrogens (tertiary/aromatic N) is 3. The van der Waals surface area contributed by atoms with E-state index in [-0.39, 0.29) is 40.5 Å². The van der Waals surface area contributed by atoms with Crippen molar-refractivity contribution >= 4 is 45.8 Å². The Bertz CT molecular complexity index is 1840. The van der Waals surface area contributed by atoms with Gasteiger partial charge in [-0.3, -0.25) is 29.4 Å². The molecular weight excluding hydrogens is 550 g/mol. The monoisotopic (exact) mass is 575 g/mol. The van der Waals surface area contributed by atoms with Gasteiger partial charge in [0.1, 0.15) is 0 Å². The van der Waals surface area contributed by atoms with Crippen LogP contribution in [0.5, 0.6) is 0 Å². The molecular formula is C33H25N3O7. The highest BCUT2D eigenvalue weighted by atomic mass is 16.6. The number of hydrogen-bond acceptors (Lipinski definition) is 8. The Morgan fingerprint density at radius 3 is 2.33 bits per heavy atom. The van der Waals surface area contributed by atoms with E-state index in [9.17, 15) is 29.3 Å². The summed E-state index contributed by atoms with van der Waals surface area (Å²) >= 11 is 0. The SMILES string of the molecule is Cc1ccc2nc(-c3ccc(N4C(=O)[C@@H]5CC=CC[C@H]5C4=O)cc3)cc(C(=O)OCC(=O)c3cccc([N+](=O)[O-])c3)c2c1. The van der Waals surface area contributed by atoms with Gasteiger partial charge in [0, 0.05) is 28.6 Å². The Morgan fingerprint density at radius 2 is 1.65 bits per heavy atom. The van der Waals surface area contributed by atoms with Gasteiger partial charge in [-0.05, 0) is 50.1 Å². The normalized spacial score (nSPS) is 17.7. The number of non-ortho nitro benzene ring substituents is 1. The molecule has 43 heavy (non-hydrogen) atoms. The van der Waals surface area contributed by atoms with E-state index < -0.39 is 23.3 Å². The molecule has 0 N–H and O–H groups in total. The first-order valence-electron chi connectivity index (χ1n) is 13.7. The second-order valence-electron chi connectivity index (χ2n) is 10.6. The van der Waals surface area contributed by atoms with Gasteiger partial charge in [-0.25, -0.2) is 9.78 Å². The number of anilines is 1. The topological polar surface area (TPSA) is 137 Å². The molecule has 2 aliphatic rings. The van der Waals surface area contributed by atoms with Crippen LogP contribution in [0.4, 0.5) is 11.4 Å². The number of nitro benzene ring substituents is 1. The standard InChI is InChI=1S/C33H25N3O7/c1-19-9-14-28-26(15-19)27(33(40)43-18-30(37)21-5-4-6-23(16-21)36(41)42)17-29(34-28)20-10-12-22(13-11-20)35-31(38)24-7-2-3-8-25(24)32(35)39/h2-6,9-17,24-25H,7-8,18H2,1H3/t24-,25-/m1/s1. The van der Waals surface area contributed by atoms with Gasteiger partial charge in [0.15, 0.2) is 6.61 Å². The lowest BCUT2D eigenvalue weighted by atomic mass is 9.85. The Morgan fingerprint density at radius 1 is 0.953 bits per heavy atom. The fraction of sp³-hybridized carbons (Fsp3) is 0.182. The number of aromatic nitrogens is 1. The van der Waals surface area contributed by atoms with Crippen LogP contribution in [-0.4, -0.2) is 40.1 Å². The van der Waals surface area contributed by atoms with Gasteiger partial charge in [0.05, 0.1) is 39.2 Å². The minimum atomic E-state index is -0.751. The molecule has 0 spiro atoms. The molecule has 2 atom stereocenters. The predicted molar refractivity (Wildman–Crippen MR) is 157 cm³/mol. The average molecular weight is 576 g/mol. The van der Waals surface area contributed by atoms with Crippen LogP contribution in [0.15, 0.2) is 84.9 Å². The number of carbonyl (C=O) groups excluding carboxylic acids is 4. The van der Waals surface area contributed by atoms with E-state index in [4.69, 9.17) is 9.72 Å². The molecule has 2 amide bonds. The first kappa shape index (κ1) is 27.6. The molecule has 10 nitrogen and oxygen atoms in total. The molecule has 1 aliphatic heterocycles. The van der Waals surface area contributed by atoms with Crippen molar-refractivity contribution < 1.29 is 28.8 Å². The predicted octanol–water partition coefficient (Wildman–Crippen LogP) is 5.61. The Kier molecular flexibility index (Phi) is 7.11. The van der Waals surface area contributed by atoms with Gasteiger partial charge < -0.3 is 4.74 Å². The number of Topliss-reactive ketones (excluding diaryl/α,β-unsaturated/α-hetero) is 1. The number of ether oxygens (including phenoxy) is 1. The van der Waals surface area contributed by atoms with Crippen LogP contribution < -0.4 is 4.90 Å². The first-order chi connectivity index (χ1) is 20.7. The quantitative estimate of drug-likeness (QED) is 0.0692. The van der Waals surface area contributed by atoms with E-state index in [0.717, 1.165) is 11.6 Å². The van der Waals surface area contributed by atoms with Crippen LogP contribution in [0.25, 0.3) is 22.2 Å². The highest BCUT2D eigenvalue weighted by Gasteiger charge is 2.47. The largest absolute Gasteiger partial charge is 0.454 e. The summed E-state index contributed by atoms with van der Waals surface area (Å²) in [4.78, 5) is 68.4. The number of benzene rings is 3. The Balaban J connectivity index is 1.27. The molecule has 6 rings (SSSR count). The number of aryl methyl sites for hydroxylation is 1. The van der Waals surface area contributed by atoms with E-state index in [1.54, 1.807) is 42.5 Å². The van der Waals surface area contributed by atoms with E-state index in [0.29, 0.717) is 40.7 Å². The first-order valence-corrected chi connectivity index (χ1v) is 13.7. The summed E-state index contributed by atoms with van der Waals surface area (Å²) in [7, 11) is 0. The molecule has 0 radical (unpaired) electrons. The average Bonchev–Trinajstić information content (AvgIpc) is 3.28. The third kappa shape index (κ3) is 5.19. The van der Waals surface area contributed by atoms with Crippen molar-refractivity contribution in [1.82, 2.24) is 4.98 Å². The van der Waals surface area contributed by atoms with Crippen molar-refractivity contribution in [2.24, 2.45) is 11.8 Å². The lowest BCUT2D eigenvalue weighted by molar-refractivity contribution is -0.384. The van der Waals surface area contributed by atoms with Gasteiger partial charge in [-0.2, -0.15) is 0 Å². The van der Waals surface area contributed by atoms with Gasteiger partial charge in [-0.1, -0.05) is 48.0 Å². The maximum absolute atomic E-state index is 13.3. The maximum atomic E-state index is 13.3. The van der Waals surface area contributed by atoms with E-state index in [1.807, 2.05) is 25.1 Å². The van der Waals surface area contributed by atoms with Gasteiger partial charge in [0.25, 0.3) is 5.69 Å². The second-order valence-corrected chi connectivity index (χ2v) is 10.6. The summed E-state index contributed by atoms with van der Waals surface area (Å²) in [5.41, 5.74) is 3.02. The zero-order valence-electron chi connectivity index (χ0n) is 23.1. The van der Waals surface area contributed by atoms with E-state index >= 15 is 0 Å². The summed E-state index contributed by atoms with van der Waals surface area (Å²) in [5, 5.41) is 11.6. The summed E-state index contributed by atoms with van der Waals surface area (Å²) in [6.07, 6.45) is 5.00. The molecule has 1 aromatic heterocycles. The summed E-state index contributed by atoms with van der Waals surface area (Å²) in [6, 6.07) is 19.1. The zero-order chi connectivity index (χ0) is 30.2. The lowest BCUT2D eigenvalue weighted by Gasteiger charge is -2.15. The highest BCUT2D eigenvalue weighted by molar-refractivity contribution is 6.22. The fourth-order valence-electron chi connectivity index (χ4n) is 5.58. The zero-order valence-corrected chi connectivity index (χ0v) is 23.1. The minimum absolute atomic E-state index is 0.0590. The molecule has 1 aliphatic carbocycles. The Hall–Kier alpha value is -5.51. The minimum Gasteiger partial charge on any atom is -0.454 e. The number of pyridine rings is 1. The van der Waals surface area contributed by atoms with Crippen LogP contribution in [-0.2, 0) is 14.3 Å². The van der Waals surface area contributed by atoms with E-state index in [1.165, 1.54) is 23.1 Å². The Labute approximate surface area is 245 Å².